The summed E-state index contributed by atoms with van der Waals surface area (Å²) in [6, 6.07) is 4.23. The Labute approximate surface area is 104 Å². The number of hydrogen-bond acceptors (Lipinski definition) is 5. The summed E-state index contributed by atoms with van der Waals surface area (Å²) in [5.74, 6) is -1.20. The smallest absolute Gasteiger partial charge is 0.255 e. The molecule has 98 valence electrons. The van der Waals surface area contributed by atoms with E-state index in [9.17, 15) is 15.0 Å². The average molecular weight is 253 g/mol. The van der Waals surface area contributed by atoms with Gasteiger partial charge in [-0.3, -0.25) is 4.79 Å². The highest BCUT2D eigenvalue weighted by Gasteiger charge is 2.18. The second-order valence-corrected chi connectivity index (χ2v) is 3.95. The molecular formula is C12H15NO5. The standard InChI is InChI=1S/C12H15NO5/c14-10-3-1-2-9(11(10)15)12(16)13-6-8-7-17-4-5-18-8/h1-3,8,14-15H,4-7H2,(H,13,16). The summed E-state index contributed by atoms with van der Waals surface area (Å²) in [6.07, 6.45) is -0.179. The molecule has 1 heterocycles. The number of ether oxygens (including phenoxy) is 2. The lowest BCUT2D eigenvalue weighted by Crippen LogP contribution is -2.39. The van der Waals surface area contributed by atoms with Gasteiger partial charge in [0.2, 0.25) is 0 Å². The molecule has 1 aliphatic heterocycles. The third-order valence-electron chi connectivity index (χ3n) is 2.63. The molecular weight excluding hydrogens is 238 g/mol. The first kappa shape index (κ1) is 12.7. The van der Waals surface area contributed by atoms with E-state index in [0.717, 1.165) is 0 Å². The molecule has 0 bridgehead atoms. The van der Waals surface area contributed by atoms with Crippen LogP contribution < -0.4 is 5.32 Å². The third kappa shape index (κ3) is 2.91. The molecule has 0 radical (unpaired) electrons. The molecule has 2 rings (SSSR count). The van der Waals surface area contributed by atoms with E-state index < -0.39 is 11.7 Å². The summed E-state index contributed by atoms with van der Waals surface area (Å²) in [5.41, 5.74) is 0.0340. The number of rotatable bonds is 3. The Morgan fingerprint density at radius 1 is 1.39 bits per heavy atom. The van der Waals surface area contributed by atoms with Crippen molar-refractivity contribution >= 4 is 5.91 Å². The predicted octanol–water partition coefficient (Wildman–Crippen LogP) is 0.243. The van der Waals surface area contributed by atoms with Crippen LogP contribution in [0.3, 0.4) is 0 Å². The van der Waals surface area contributed by atoms with Gasteiger partial charge in [0.05, 0.1) is 31.5 Å². The summed E-state index contributed by atoms with van der Waals surface area (Å²) in [4.78, 5) is 11.8. The van der Waals surface area contributed by atoms with Crippen molar-refractivity contribution in [1.82, 2.24) is 5.32 Å². The highest BCUT2D eigenvalue weighted by Crippen LogP contribution is 2.27. The molecule has 0 saturated carbocycles. The number of nitrogens with one attached hydrogen (secondary N) is 1. The topological polar surface area (TPSA) is 88.0 Å². The quantitative estimate of drug-likeness (QED) is 0.672. The lowest BCUT2D eigenvalue weighted by atomic mass is 10.1. The maximum absolute atomic E-state index is 11.8. The number of amides is 1. The molecule has 6 nitrogen and oxygen atoms in total. The van der Waals surface area contributed by atoms with E-state index in [0.29, 0.717) is 26.4 Å². The van der Waals surface area contributed by atoms with Gasteiger partial charge < -0.3 is 25.0 Å². The average Bonchev–Trinajstić information content (AvgIpc) is 2.40. The van der Waals surface area contributed by atoms with Gasteiger partial charge in [0.25, 0.3) is 5.91 Å². The molecule has 18 heavy (non-hydrogen) atoms. The zero-order valence-corrected chi connectivity index (χ0v) is 9.76. The fourth-order valence-corrected chi connectivity index (χ4v) is 1.67. The van der Waals surface area contributed by atoms with Crippen molar-refractivity contribution in [3.05, 3.63) is 23.8 Å². The first-order valence-electron chi connectivity index (χ1n) is 5.67. The number of carbonyl (C=O) groups is 1. The van der Waals surface area contributed by atoms with Gasteiger partial charge >= 0.3 is 0 Å². The zero-order chi connectivity index (χ0) is 13.0. The number of aromatic hydroxyl groups is 2. The van der Waals surface area contributed by atoms with Crippen molar-refractivity contribution in [2.24, 2.45) is 0 Å². The normalized spacial score (nSPS) is 19.4. The van der Waals surface area contributed by atoms with Crippen LogP contribution in [-0.4, -0.2) is 48.6 Å². The van der Waals surface area contributed by atoms with E-state index in [2.05, 4.69) is 5.32 Å². The van der Waals surface area contributed by atoms with Crippen molar-refractivity contribution in [2.45, 2.75) is 6.10 Å². The van der Waals surface area contributed by atoms with Crippen molar-refractivity contribution in [3.63, 3.8) is 0 Å². The van der Waals surface area contributed by atoms with Crippen molar-refractivity contribution < 1.29 is 24.5 Å². The van der Waals surface area contributed by atoms with E-state index in [1.165, 1.54) is 18.2 Å². The number of hydrogen-bond donors (Lipinski definition) is 3. The molecule has 1 fully saturated rings. The Balaban J connectivity index is 1.93. The number of phenols is 2. The monoisotopic (exact) mass is 253 g/mol. The second kappa shape index (κ2) is 5.70. The van der Waals surface area contributed by atoms with E-state index in [4.69, 9.17) is 9.47 Å². The van der Waals surface area contributed by atoms with Gasteiger partial charge in [-0.2, -0.15) is 0 Å². The Kier molecular flexibility index (Phi) is 4.01. The molecule has 1 atom stereocenters. The molecule has 0 aromatic heterocycles. The van der Waals surface area contributed by atoms with E-state index in [1.54, 1.807) is 0 Å². The SMILES string of the molecule is O=C(NCC1COCCO1)c1cccc(O)c1O. The van der Waals surface area contributed by atoms with Crippen LogP contribution in [0.4, 0.5) is 0 Å². The van der Waals surface area contributed by atoms with Crippen LogP contribution >= 0.6 is 0 Å². The molecule has 6 heteroatoms. The summed E-state index contributed by atoms with van der Waals surface area (Å²) in [6.45, 7) is 1.82. The summed E-state index contributed by atoms with van der Waals surface area (Å²) in [5, 5.41) is 21.5. The van der Waals surface area contributed by atoms with Crippen LogP contribution in [0.25, 0.3) is 0 Å². The molecule has 1 aromatic rings. The van der Waals surface area contributed by atoms with Gasteiger partial charge in [-0.1, -0.05) is 6.07 Å². The number of phenolic OH excluding ortho intramolecular Hbond substituents is 2. The van der Waals surface area contributed by atoms with Crippen LogP contribution in [-0.2, 0) is 9.47 Å². The maximum Gasteiger partial charge on any atom is 0.255 e. The van der Waals surface area contributed by atoms with Crippen LogP contribution in [0.1, 0.15) is 10.4 Å². The van der Waals surface area contributed by atoms with Gasteiger partial charge in [0.15, 0.2) is 11.5 Å². The minimum absolute atomic E-state index is 0.0340. The molecule has 1 amide bonds. The Hall–Kier alpha value is -1.79. The number of benzene rings is 1. The summed E-state index contributed by atoms with van der Waals surface area (Å²) < 4.78 is 10.6. The lowest BCUT2D eigenvalue weighted by molar-refractivity contribution is -0.0855. The molecule has 1 aromatic carbocycles. The van der Waals surface area contributed by atoms with Gasteiger partial charge in [0.1, 0.15) is 0 Å². The van der Waals surface area contributed by atoms with Crippen LogP contribution in [0.15, 0.2) is 18.2 Å². The Morgan fingerprint density at radius 2 is 2.22 bits per heavy atom. The van der Waals surface area contributed by atoms with E-state index in [-0.39, 0.29) is 17.4 Å². The minimum atomic E-state index is -0.461. The summed E-state index contributed by atoms with van der Waals surface area (Å²) in [7, 11) is 0. The molecule has 1 aliphatic rings. The van der Waals surface area contributed by atoms with E-state index in [1.807, 2.05) is 0 Å². The molecule has 1 saturated heterocycles. The predicted molar refractivity (Wildman–Crippen MR) is 62.7 cm³/mol. The van der Waals surface area contributed by atoms with Crippen molar-refractivity contribution in [3.8, 4) is 11.5 Å². The highest BCUT2D eigenvalue weighted by atomic mass is 16.6. The fraction of sp³-hybridized carbons (Fsp3) is 0.417. The van der Waals surface area contributed by atoms with Gasteiger partial charge in [0, 0.05) is 6.54 Å². The van der Waals surface area contributed by atoms with Crippen LogP contribution in [0.2, 0.25) is 0 Å². The van der Waals surface area contributed by atoms with Crippen LogP contribution in [0, 0.1) is 0 Å². The molecule has 3 N–H and O–H groups in total. The third-order valence-corrected chi connectivity index (χ3v) is 2.63. The number of para-hydroxylation sites is 1. The van der Waals surface area contributed by atoms with Gasteiger partial charge in [-0.05, 0) is 12.1 Å². The van der Waals surface area contributed by atoms with E-state index >= 15 is 0 Å². The Morgan fingerprint density at radius 3 is 2.94 bits per heavy atom. The molecule has 1 unspecified atom stereocenters. The van der Waals surface area contributed by atoms with Gasteiger partial charge in [-0.15, -0.1) is 0 Å². The second-order valence-electron chi connectivity index (χ2n) is 3.95. The van der Waals surface area contributed by atoms with Crippen molar-refractivity contribution in [2.75, 3.05) is 26.4 Å². The van der Waals surface area contributed by atoms with Crippen molar-refractivity contribution in [1.29, 1.82) is 0 Å². The molecule has 0 spiro atoms. The fourth-order valence-electron chi connectivity index (χ4n) is 1.67. The molecule has 0 aliphatic carbocycles. The first-order valence-corrected chi connectivity index (χ1v) is 5.67. The Bertz CT molecular complexity index is 428. The highest BCUT2D eigenvalue weighted by molar-refractivity contribution is 5.97. The lowest BCUT2D eigenvalue weighted by Gasteiger charge is -2.23. The summed E-state index contributed by atoms with van der Waals surface area (Å²) >= 11 is 0. The van der Waals surface area contributed by atoms with Crippen LogP contribution in [0.5, 0.6) is 11.5 Å². The van der Waals surface area contributed by atoms with Gasteiger partial charge in [-0.25, -0.2) is 0 Å². The minimum Gasteiger partial charge on any atom is -0.504 e. The maximum atomic E-state index is 11.8. The first-order chi connectivity index (χ1) is 8.68. The number of carbonyl (C=O) groups excluding carboxylic acids is 1. The zero-order valence-electron chi connectivity index (χ0n) is 9.76. The largest absolute Gasteiger partial charge is 0.504 e.